The van der Waals surface area contributed by atoms with E-state index < -0.39 is 84.0 Å². The molecule has 0 N–H and O–H groups in total. The van der Waals surface area contributed by atoms with Gasteiger partial charge in [0.1, 0.15) is 5.82 Å². The van der Waals surface area contributed by atoms with Crippen LogP contribution in [0.1, 0.15) is 73.2 Å². The monoisotopic (exact) mass is 1080 g/mol. The first-order chi connectivity index (χ1) is 38.7. The Morgan fingerprint density at radius 1 is 0.559 bits per heavy atom. The standard InChI is InChI=1S/C62H50N4O.Pt/c1-61(2,3)46-33-34-63-59(38-46)66-55-32-29-45(42-19-10-7-11-20-42)35-54(55)51-31-30-50(40-58(51)66)67-49-26-18-25-48(39-49)64-41-65(57-28-17-16-27-56(57)64)60-52(43-21-12-8-13-22-43)36-47(62(4,5)6)37-53(60)44-23-14-9-15-24-44;/h7-38H,1-6H3;/q-2;/i7D,8D,9D,10D,11D,12D,13D,14D,15D,19D,20D,21D,22D,23D,24D;. The Morgan fingerprint density at radius 3 is 1.85 bits per heavy atom. The summed E-state index contributed by atoms with van der Waals surface area (Å²) >= 11 is 0. The predicted octanol–water partition coefficient (Wildman–Crippen LogP) is 15.2. The molecule has 0 amide bonds. The molecule has 0 aliphatic rings. The van der Waals surface area contributed by atoms with Crippen molar-refractivity contribution in [2.45, 2.75) is 52.4 Å². The van der Waals surface area contributed by atoms with E-state index in [9.17, 15) is 5.48 Å². The van der Waals surface area contributed by atoms with Gasteiger partial charge in [-0.25, -0.2) is 4.98 Å². The number of imidazole rings is 1. The van der Waals surface area contributed by atoms with Gasteiger partial charge in [-0.2, -0.15) is 18.2 Å². The molecular formula is C62H50N4OPt-2. The quantitative estimate of drug-likeness (QED) is 0.112. The predicted molar refractivity (Wildman–Crippen MR) is 274 cm³/mol. The fourth-order valence-electron chi connectivity index (χ4n) is 8.39. The van der Waals surface area contributed by atoms with E-state index >= 15 is 0 Å². The van der Waals surface area contributed by atoms with E-state index in [0.717, 1.165) is 10.9 Å². The number of hydrogen-bond donors (Lipinski definition) is 0. The molecule has 0 radical (unpaired) electrons. The maximum atomic E-state index is 9.25. The van der Waals surface area contributed by atoms with Crippen molar-refractivity contribution in [1.82, 2.24) is 14.1 Å². The summed E-state index contributed by atoms with van der Waals surface area (Å²) in [5.74, 6) is 1.15. The van der Waals surface area contributed by atoms with Crippen LogP contribution in [0.4, 0.5) is 0 Å². The van der Waals surface area contributed by atoms with E-state index in [1.54, 1.807) is 69.9 Å². The van der Waals surface area contributed by atoms with Crippen molar-refractivity contribution in [1.29, 1.82) is 0 Å². The zero-order valence-electron chi connectivity index (χ0n) is 52.8. The molecule has 0 unspecified atom stereocenters. The van der Waals surface area contributed by atoms with Crippen LogP contribution in [0.3, 0.4) is 0 Å². The Bertz CT molecular complexity index is 4360. The third kappa shape index (κ3) is 8.26. The minimum atomic E-state index is -0.672. The van der Waals surface area contributed by atoms with Crippen LogP contribution < -0.4 is 9.30 Å². The molecular weight excluding hydrogens is 1010 g/mol. The van der Waals surface area contributed by atoms with Gasteiger partial charge in [0.2, 0.25) is 0 Å². The molecule has 6 heteroatoms. The molecule has 5 nitrogen and oxygen atoms in total. The summed E-state index contributed by atoms with van der Waals surface area (Å²) in [6.07, 6.45) is 5.18. The largest absolute Gasteiger partial charge is 0.510 e. The first-order valence-electron chi connectivity index (χ1n) is 29.2. The average Bonchev–Trinajstić information content (AvgIpc) is 3.51. The molecule has 0 aliphatic heterocycles. The fraction of sp³-hybridized carbons (Fsp3) is 0.129. The molecule has 0 fully saturated rings. The van der Waals surface area contributed by atoms with Gasteiger partial charge in [0.25, 0.3) is 6.33 Å². The van der Waals surface area contributed by atoms with E-state index in [0.29, 0.717) is 55.8 Å². The SMILES string of the molecule is [2H]c1c([2H])c([2H])c(-c2ccc3c(c2)c2ccc(Oc4[c-]c(-n5[c-][n+](-c6c(-c7c([2H])c([2H])c([2H])c([2H])c7[2H])cc(C(C)(C)C)cc6-c6c([2H])c([2H])c([2H])c([2H])c6[2H])c6ccccc65)ccc4)[c-]c2n3-c2cc(C(C)(C)C)ccn2)c([2H])c1[2H].[Pt]. The van der Waals surface area contributed by atoms with Crippen LogP contribution >= 0.6 is 0 Å². The number of rotatable bonds is 8. The third-order valence-corrected chi connectivity index (χ3v) is 11.8. The van der Waals surface area contributed by atoms with Gasteiger partial charge in [-0.15, -0.1) is 29.7 Å². The van der Waals surface area contributed by atoms with Crippen molar-refractivity contribution in [2.75, 3.05) is 0 Å². The van der Waals surface area contributed by atoms with Gasteiger partial charge in [0.05, 0.1) is 37.3 Å². The Labute approximate surface area is 434 Å². The molecule has 3 aromatic heterocycles. The van der Waals surface area contributed by atoms with Crippen molar-refractivity contribution in [2.24, 2.45) is 0 Å². The Morgan fingerprint density at radius 2 is 1.19 bits per heavy atom. The van der Waals surface area contributed by atoms with Crippen LogP contribution in [-0.2, 0) is 31.9 Å². The first kappa shape index (κ1) is 30.1. The number of para-hydroxylation sites is 2. The van der Waals surface area contributed by atoms with Crippen molar-refractivity contribution in [3.05, 3.63) is 223 Å². The van der Waals surface area contributed by atoms with Crippen molar-refractivity contribution in [3.63, 3.8) is 0 Å². The summed E-state index contributed by atoms with van der Waals surface area (Å²) < 4.78 is 143. The molecule has 0 aliphatic carbocycles. The van der Waals surface area contributed by atoms with E-state index in [1.165, 1.54) is 0 Å². The number of pyridine rings is 1. The van der Waals surface area contributed by atoms with Crippen LogP contribution in [0.2, 0.25) is 0 Å². The summed E-state index contributed by atoms with van der Waals surface area (Å²) in [5, 5.41) is 1.43. The van der Waals surface area contributed by atoms with Crippen LogP contribution in [0.5, 0.6) is 11.5 Å². The Balaban J connectivity index is 0.00000769. The third-order valence-electron chi connectivity index (χ3n) is 11.8. The van der Waals surface area contributed by atoms with Gasteiger partial charge in [0, 0.05) is 44.3 Å². The van der Waals surface area contributed by atoms with Gasteiger partial charge < -0.3 is 13.9 Å². The molecule has 0 bridgehead atoms. The van der Waals surface area contributed by atoms with E-state index in [-0.39, 0.29) is 77.8 Å². The maximum absolute atomic E-state index is 9.25. The molecule has 11 rings (SSSR count). The maximum Gasteiger partial charge on any atom is 0.268 e. The number of nitrogens with zero attached hydrogens (tertiary/aromatic N) is 4. The molecule has 0 spiro atoms. The van der Waals surface area contributed by atoms with E-state index in [2.05, 4.69) is 39.2 Å². The molecule has 8 aromatic carbocycles. The number of hydrogen-bond acceptors (Lipinski definition) is 2. The summed E-state index contributed by atoms with van der Waals surface area (Å²) in [5.41, 5.74) is 4.02. The Kier molecular flexibility index (Phi) is 7.85. The van der Waals surface area contributed by atoms with Gasteiger partial charge in [-0.05, 0) is 84.6 Å². The molecule has 68 heavy (non-hydrogen) atoms. The van der Waals surface area contributed by atoms with Crippen LogP contribution in [-0.4, -0.2) is 14.1 Å². The minimum absolute atomic E-state index is 0. The van der Waals surface area contributed by atoms with Gasteiger partial charge in [0.15, 0.2) is 0 Å². The van der Waals surface area contributed by atoms with Gasteiger partial charge in [-0.3, -0.25) is 4.57 Å². The Hall–Kier alpha value is -7.33. The summed E-state index contributed by atoms with van der Waals surface area (Å²) in [4.78, 5) is 4.82. The molecule has 0 saturated heterocycles. The van der Waals surface area contributed by atoms with E-state index in [4.69, 9.17) is 24.8 Å². The molecule has 3 heterocycles. The van der Waals surface area contributed by atoms with Gasteiger partial charge in [-0.1, -0.05) is 186 Å². The molecule has 336 valence electrons. The van der Waals surface area contributed by atoms with Crippen molar-refractivity contribution < 1.29 is 50.9 Å². The normalized spacial score (nSPS) is 14.9. The summed E-state index contributed by atoms with van der Waals surface area (Å²) in [7, 11) is 0. The number of aromatic nitrogens is 4. The van der Waals surface area contributed by atoms with Crippen molar-refractivity contribution >= 4 is 32.8 Å². The fourth-order valence-corrected chi connectivity index (χ4v) is 8.39. The molecule has 0 atom stereocenters. The first-order valence-corrected chi connectivity index (χ1v) is 21.7. The van der Waals surface area contributed by atoms with E-state index in [1.807, 2.05) is 67.8 Å². The zero-order valence-corrected chi connectivity index (χ0v) is 40.1. The molecule has 0 saturated carbocycles. The number of benzene rings is 8. The van der Waals surface area contributed by atoms with Crippen molar-refractivity contribution in [3.8, 4) is 62.1 Å². The zero-order chi connectivity index (χ0) is 58.9. The second-order valence-electron chi connectivity index (χ2n) is 18.2. The van der Waals surface area contributed by atoms with Gasteiger partial charge >= 0.3 is 0 Å². The van der Waals surface area contributed by atoms with Crippen LogP contribution in [0.15, 0.2) is 194 Å². The topological polar surface area (TPSA) is 35.9 Å². The number of fused-ring (bicyclic) bond motifs is 4. The summed E-state index contributed by atoms with van der Waals surface area (Å²) in [6, 6.07) is 28.2. The van der Waals surface area contributed by atoms with Crippen LogP contribution in [0, 0.1) is 18.5 Å². The second-order valence-corrected chi connectivity index (χ2v) is 18.2. The minimum Gasteiger partial charge on any atom is -0.510 e. The second kappa shape index (κ2) is 17.7. The smallest absolute Gasteiger partial charge is 0.268 e. The number of ether oxygens (including phenoxy) is 1. The summed E-state index contributed by atoms with van der Waals surface area (Å²) in [6.45, 7) is 12.1. The molecule has 11 aromatic rings. The average molecular weight is 1080 g/mol. The van der Waals surface area contributed by atoms with Crippen LogP contribution in [0.25, 0.3) is 83.4 Å².